The van der Waals surface area contributed by atoms with Crippen LogP contribution in [-0.4, -0.2) is 16.2 Å². The summed E-state index contributed by atoms with van der Waals surface area (Å²) in [5.41, 5.74) is 1.24. The maximum absolute atomic E-state index is 3.87. The van der Waals surface area contributed by atoms with Gasteiger partial charge in [-0.05, 0) is 12.3 Å². The van der Waals surface area contributed by atoms with E-state index < -0.39 is 0 Å². The second-order valence-corrected chi connectivity index (χ2v) is 3.31. The Balaban J connectivity index is 1.75. The highest BCUT2D eigenvalue weighted by Crippen LogP contribution is 2.29. The Labute approximate surface area is 66.2 Å². The van der Waals surface area contributed by atoms with Gasteiger partial charge < -0.3 is 5.32 Å². The second-order valence-electron chi connectivity index (χ2n) is 3.31. The first-order valence-corrected chi connectivity index (χ1v) is 4.07. The largest absolute Gasteiger partial charge is 0.310 e. The van der Waals surface area contributed by atoms with E-state index in [-0.39, 0.29) is 0 Å². The Kier molecular flexibility index (Phi) is 1.66. The Morgan fingerprint density at radius 2 is 2.64 bits per heavy atom. The van der Waals surface area contributed by atoms with E-state index in [0.29, 0.717) is 0 Å². The number of aromatic nitrogens is 2. The quantitative estimate of drug-likeness (QED) is 0.674. The lowest BCUT2D eigenvalue weighted by Crippen LogP contribution is -2.16. The molecule has 0 bridgehead atoms. The second kappa shape index (κ2) is 2.66. The van der Waals surface area contributed by atoms with Gasteiger partial charge in [0.15, 0.2) is 0 Å². The Morgan fingerprint density at radius 1 is 1.82 bits per heavy atom. The highest BCUT2D eigenvalue weighted by atomic mass is 15.1. The van der Waals surface area contributed by atoms with E-state index in [2.05, 4.69) is 22.4 Å². The third-order valence-corrected chi connectivity index (χ3v) is 2.23. The average Bonchev–Trinajstić information content (AvgIpc) is 2.55. The molecule has 2 atom stereocenters. The van der Waals surface area contributed by atoms with Crippen molar-refractivity contribution in [1.29, 1.82) is 0 Å². The van der Waals surface area contributed by atoms with Crippen molar-refractivity contribution in [2.45, 2.75) is 25.9 Å². The van der Waals surface area contributed by atoms with Gasteiger partial charge in [0.25, 0.3) is 0 Å². The van der Waals surface area contributed by atoms with Crippen molar-refractivity contribution in [3.8, 4) is 0 Å². The SMILES string of the molecule is CC1CC1NCc1cn[nH]c1. The number of hydrogen-bond donors (Lipinski definition) is 2. The normalized spacial score (nSPS) is 28.8. The maximum Gasteiger partial charge on any atom is 0.0532 e. The summed E-state index contributed by atoms with van der Waals surface area (Å²) in [6.07, 6.45) is 5.12. The molecule has 0 spiro atoms. The molecule has 3 heteroatoms. The Morgan fingerprint density at radius 3 is 3.18 bits per heavy atom. The van der Waals surface area contributed by atoms with Crippen LogP contribution < -0.4 is 5.32 Å². The summed E-state index contributed by atoms with van der Waals surface area (Å²) in [6, 6.07) is 0.755. The summed E-state index contributed by atoms with van der Waals surface area (Å²) >= 11 is 0. The minimum absolute atomic E-state index is 0.755. The fourth-order valence-electron chi connectivity index (χ4n) is 1.23. The molecular weight excluding hydrogens is 138 g/mol. The van der Waals surface area contributed by atoms with Gasteiger partial charge in [0.05, 0.1) is 6.20 Å². The van der Waals surface area contributed by atoms with Crippen LogP contribution in [0.25, 0.3) is 0 Å². The van der Waals surface area contributed by atoms with Gasteiger partial charge in [-0.15, -0.1) is 0 Å². The van der Waals surface area contributed by atoms with Gasteiger partial charge in [0, 0.05) is 24.3 Å². The lowest BCUT2D eigenvalue weighted by molar-refractivity contribution is 0.653. The topological polar surface area (TPSA) is 40.7 Å². The van der Waals surface area contributed by atoms with Crippen molar-refractivity contribution < 1.29 is 0 Å². The minimum atomic E-state index is 0.755. The van der Waals surface area contributed by atoms with E-state index in [1.807, 2.05) is 12.4 Å². The van der Waals surface area contributed by atoms with Crippen LogP contribution in [0, 0.1) is 5.92 Å². The van der Waals surface area contributed by atoms with E-state index in [1.165, 1.54) is 12.0 Å². The fraction of sp³-hybridized carbons (Fsp3) is 0.625. The zero-order valence-electron chi connectivity index (χ0n) is 6.67. The van der Waals surface area contributed by atoms with E-state index in [4.69, 9.17) is 0 Å². The summed E-state index contributed by atoms with van der Waals surface area (Å²) in [5.74, 6) is 0.877. The third-order valence-electron chi connectivity index (χ3n) is 2.23. The molecule has 0 aliphatic heterocycles. The molecule has 0 amide bonds. The van der Waals surface area contributed by atoms with Crippen LogP contribution in [-0.2, 0) is 6.54 Å². The fourth-order valence-corrected chi connectivity index (χ4v) is 1.23. The van der Waals surface area contributed by atoms with Crippen molar-refractivity contribution >= 4 is 0 Å². The lowest BCUT2D eigenvalue weighted by Gasteiger charge is -1.98. The Bertz CT molecular complexity index is 217. The molecule has 0 radical (unpaired) electrons. The maximum atomic E-state index is 3.87. The molecule has 60 valence electrons. The summed E-state index contributed by atoms with van der Waals surface area (Å²) < 4.78 is 0. The van der Waals surface area contributed by atoms with Gasteiger partial charge >= 0.3 is 0 Å². The standard InChI is InChI=1S/C8H13N3/c1-6-2-8(6)9-3-7-4-10-11-5-7/h4-6,8-9H,2-3H2,1H3,(H,10,11). The van der Waals surface area contributed by atoms with Gasteiger partial charge in [-0.2, -0.15) is 5.10 Å². The molecule has 2 unspecified atom stereocenters. The molecule has 1 aromatic heterocycles. The summed E-state index contributed by atoms with van der Waals surface area (Å²) in [6.45, 7) is 3.22. The van der Waals surface area contributed by atoms with Gasteiger partial charge in [-0.25, -0.2) is 0 Å². The van der Waals surface area contributed by atoms with E-state index in [1.54, 1.807) is 0 Å². The first-order valence-electron chi connectivity index (χ1n) is 4.07. The summed E-state index contributed by atoms with van der Waals surface area (Å²) in [4.78, 5) is 0. The molecule has 1 heterocycles. The van der Waals surface area contributed by atoms with Crippen LogP contribution in [0.4, 0.5) is 0 Å². The lowest BCUT2D eigenvalue weighted by atomic mass is 10.3. The van der Waals surface area contributed by atoms with E-state index in [9.17, 15) is 0 Å². The molecule has 2 N–H and O–H groups in total. The number of nitrogens with zero attached hydrogens (tertiary/aromatic N) is 1. The smallest absolute Gasteiger partial charge is 0.0532 e. The summed E-state index contributed by atoms with van der Waals surface area (Å²) in [5, 5.41) is 10.1. The van der Waals surface area contributed by atoms with Crippen molar-refractivity contribution in [3.05, 3.63) is 18.0 Å². The van der Waals surface area contributed by atoms with Gasteiger partial charge in [-0.3, -0.25) is 5.10 Å². The monoisotopic (exact) mass is 151 g/mol. The number of H-pyrrole nitrogens is 1. The molecule has 11 heavy (non-hydrogen) atoms. The first kappa shape index (κ1) is 6.85. The van der Waals surface area contributed by atoms with Gasteiger partial charge in [0.2, 0.25) is 0 Å². The van der Waals surface area contributed by atoms with Crippen molar-refractivity contribution in [3.63, 3.8) is 0 Å². The predicted octanol–water partition coefficient (Wildman–Crippen LogP) is 0.908. The Hall–Kier alpha value is -0.830. The average molecular weight is 151 g/mol. The molecule has 1 aliphatic carbocycles. The number of rotatable bonds is 3. The molecular formula is C8H13N3. The molecule has 3 nitrogen and oxygen atoms in total. The van der Waals surface area contributed by atoms with Crippen LogP contribution in [0.15, 0.2) is 12.4 Å². The van der Waals surface area contributed by atoms with Gasteiger partial charge in [0.1, 0.15) is 0 Å². The predicted molar refractivity (Wildman–Crippen MR) is 43.0 cm³/mol. The molecule has 0 saturated heterocycles. The van der Waals surface area contributed by atoms with Crippen LogP contribution in [0.2, 0.25) is 0 Å². The zero-order chi connectivity index (χ0) is 7.68. The van der Waals surface area contributed by atoms with E-state index >= 15 is 0 Å². The summed E-state index contributed by atoms with van der Waals surface area (Å²) in [7, 11) is 0. The van der Waals surface area contributed by atoms with Crippen molar-refractivity contribution in [2.75, 3.05) is 0 Å². The third kappa shape index (κ3) is 1.60. The highest BCUT2D eigenvalue weighted by molar-refractivity contribution is 5.03. The number of nitrogens with one attached hydrogen (secondary N) is 2. The van der Waals surface area contributed by atoms with Crippen molar-refractivity contribution in [2.24, 2.45) is 5.92 Å². The zero-order valence-corrected chi connectivity index (χ0v) is 6.67. The number of hydrogen-bond acceptors (Lipinski definition) is 2. The molecule has 2 rings (SSSR count). The molecule has 0 aromatic carbocycles. The molecule has 1 aromatic rings. The van der Waals surface area contributed by atoms with Crippen LogP contribution in [0.5, 0.6) is 0 Å². The highest BCUT2D eigenvalue weighted by Gasteiger charge is 2.31. The minimum Gasteiger partial charge on any atom is -0.310 e. The molecule has 1 saturated carbocycles. The molecule has 1 aliphatic rings. The number of aromatic amines is 1. The van der Waals surface area contributed by atoms with Crippen molar-refractivity contribution in [1.82, 2.24) is 15.5 Å². The van der Waals surface area contributed by atoms with Gasteiger partial charge in [-0.1, -0.05) is 6.92 Å². The molecule has 1 fully saturated rings. The van der Waals surface area contributed by atoms with Crippen LogP contribution in [0.1, 0.15) is 18.9 Å². The van der Waals surface area contributed by atoms with Crippen LogP contribution in [0.3, 0.4) is 0 Å². The first-order chi connectivity index (χ1) is 5.36. The van der Waals surface area contributed by atoms with E-state index in [0.717, 1.165) is 18.5 Å². The van der Waals surface area contributed by atoms with Crippen LogP contribution >= 0.6 is 0 Å².